The lowest BCUT2D eigenvalue weighted by Crippen LogP contribution is -2.46. The van der Waals surface area contributed by atoms with Gasteiger partial charge in [0, 0.05) is 89.1 Å². The molecule has 1 aliphatic rings. The van der Waals surface area contributed by atoms with Crippen LogP contribution in [0, 0.1) is 6.92 Å². The second kappa shape index (κ2) is 12.6. The first-order valence-corrected chi connectivity index (χ1v) is 11.7. The van der Waals surface area contributed by atoms with E-state index in [-0.39, 0.29) is 18.3 Å². The molecule has 4 rings (SSSR count). The molecule has 0 bridgehead atoms. The Morgan fingerprint density at radius 1 is 1.09 bits per heavy atom. The predicted molar refractivity (Wildman–Crippen MR) is 138 cm³/mol. The van der Waals surface area contributed by atoms with Crippen LogP contribution in [0.2, 0.25) is 0 Å². The minimum atomic E-state index is -0.0139. The van der Waals surface area contributed by atoms with Crippen molar-refractivity contribution in [1.82, 2.24) is 30.0 Å². The molecule has 0 atom stereocenters. The van der Waals surface area contributed by atoms with Crippen molar-refractivity contribution in [2.24, 2.45) is 7.05 Å². The molecule has 1 amide bonds. The molecule has 1 aromatic carbocycles. The maximum absolute atomic E-state index is 11.8. The SMILES string of the molecule is COCCC(=O)NCc1ccc(-c2nccnc2N2CCN(Cc3cnn(C)c3C)CC2)cc1.Cl. The van der Waals surface area contributed by atoms with Crippen LogP contribution in [0.3, 0.4) is 0 Å². The van der Waals surface area contributed by atoms with Gasteiger partial charge in [0.1, 0.15) is 5.69 Å². The van der Waals surface area contributed by atoms with Crippen molar-refractivity contribution in [2.45, 2.75) is 26.4 Å². The summed E-state index contributed by atoms with van der Waals surface area (Å²) in [4.78, 5) is 25.9. The van der Waals surface area contributed by atoms with E-state index in [0.29, 0.717) is 19.6 Å². The van der Waals surface area contributed by atoms with Crippen molar-refractivity contribution in [3.05, 3.63) is 59.7 Å². The normalized spacial score (nSPS) is 14.0. The fraction of sp³-hybridized carbons (Fsp3) is 0.440. The maximum Gasteiger partial charge on any atom is 0.222 e. The average molecular weight is 500 g/mol. The van der Waals surface area contributed by atoms with Crippen molar-refractivity contribution in [3.8, 4) is 11.3 Å². The van der Waals surface area contributed by atoms with E-state index in [4.69, 9.17) is 4.74 Å². The molecule has 0 radical (unpaired) electrons. The van der Waals surface area contributed by atoms with Crippen molar-refractivity contribution in [2.75, 3.05) is 44.8 Å². The lowest BCUT2D eigenvalue weighted by molar-refractivity contribution is -0.122. The molecule has 2 aromatic heterocycles. The molecule has 1 fully saturated rings. The summed E-state index contributed by atoms with van der Waals surface area (Å²) in [6.45, 7) is 7.69. The number of carbonyl (C=O) groups excluding carboxylic acids is 1. The first-order chi connectivity index (χ1) is 16.5. The number of aryl methyl sites for hydroxylation is 1. The van der Waals surface area contributed by atoms with Gasteiger partial charge >= 0.3 is 0 Å². The van der Waals surface area contributed by atoms with Gasteiger partial charge in [0.05, 0.1) is 12.8 Å². The van der Waals surface area contributed by atoms with Gasteiger partial charge in [0.15, 0.2) is 5.82 Å². The molecule has 0 aliphatic carbocycles. The highest BCUT2D eigenvalue weighted by Gasteiger charge is 2.22. The van der Waals surface area contributed by atoms with Gasteiger partial charge in [-0.25, -0.2) is 4.98 Å². The third-order valence-corrected chi connectivity index (χ3v) is 6.33. The summed E-state index contributed by atoms with van der Waals surface area (Å²) in [6.07, 6.45) is 5.84. The zero-order valence-corrected chi connectivity index (χ0v) is 21.4. The summed E-state index contributed by atoms with van der Waals surface area (Å²) in [5.74, 6) is 0.903. The van der Waals surface area contributed by atoms with Gasteiger partial charge in [-0.15, -0.1) is 12.4 Å². The molecule has 1 saturated heterocycles. The van der Waals surface area contributed by atoms with Gasteiger partial charge in [-0.3, -0.25) is 19.4 Å². The number of methoxy groups -OCH3 is 1. The number of halogens is 1. The van der Waals surface area contributed by atoms with Gasteiger partial charge in [-0.1, -0.05) is 24.3 Å². The number of hydrogen-bond acceptors (Lipinski definition) is 7. The van der Waals surface area contributed by atoms with Crippen LogP contribution in [0.5, 0.6) is 0 Å². The van der Waals surface area contributed by atoms with E-state index in [1.54, 1.807) is 19.5 Å². The topological polar surface area (TPSA) is 88.4 Å². The molecule has 10 heteroatoms. The van der Waals surface area contributed by atoms with E-state index >= 15 is 0 Å². The van der Waals surface area contributed by atoms with Crippen molar-refractivity contribution < 1.29 is 9.53 Å². The number of nitrogens with zero attached hydrogens (tertiary/aromatic N) is 6. The summed E-state index contributed by atoms with van der Waals surface area (Å²) in [5.41, 5.74) is 5.45. The van der Waals surface area contributed by atoms with Crippen LogP contribution < -0.4 is 10.2 Å². The molecule has 0 spiro atoms. The maximum atomic E-state index is 11.8. The minimum Gasteiger partial charge on any atom is -0.384 e. The van der Waals surface area contributed by atoms with E-state index in [2.05, 4.69) is 37.1 Å². The Morgan fingerprint density at radius 3 is 2.46 bits per heavy atom. The Bertz CT molecular complexity index is 1100. The number of nitrogens with one attached hydrogen (secondary N) is 1. The molecule has 3 heterocycles. The van der Waals surface area contributed by atoms with Crippen LogP contribution >= 0.6 is 12.4 Å². The number of ether oxygens (including phenoxy) is 1. The molecule has 35 heavy (non-hydrogen) atoms. The van der Waals surface area contributed by atoms with Crippen LogP contribution in [0.25, 0.3) is 11.3 Å². The second-order valence-electron chi connectivity index (χ2n) is 8.59. The Labute approximate surface area is 212 Å². The molecule has 1 N–H and O–H groups in total. The number of carbonyl (C=O) groups is 1. The monoisotopic (exact) mass is 499 g/mol. The molecular weight excluding hydrogens is 466 g/mol. The summed E-state index contributed by atoms with van der Waals surface area (Å²) >= 11 is 0. The highest BCUT2D eigenvalue weighted by atomic mass is 35.5. The van der Waals surface area contributed by atoms with Crippen molar-refractivity contribution in [3.63, 3.8) is 0 Å². The zero-order chi connectivity index (χ0) is 23.9. The second-order valence-corrected chi connectivity index (χ2v) is 8.59. The fourth-order valence-corrected chi connectivity index (χ4v) is 4.09. The Balaban J connectivity index is 0.00000342. The molecule has 9 nitrogen and oxygen atoms in total. The van der Waals surface area contributed by atoms with E-state index in [1.165, 1.54) is 11.3 Å². The van der Waals surface area contributed by atoms with Crippen LogP contribution in [0.4, 0.5) is 5.82 Å². The number of hydrogen-bond donors (Lipinski definition) is 1. The van der Waals surface area contributed by atoms with Crippen LogP contribution in [-0.4, -0.2) is 70.5 Å². The van der Waals surface area contributed by atoms with Crippen molar-refractivity contribution >= 4 is 24.1 Å². The number of piperazine rings is 1. The Morgan fingerprint density at radius 2 is 1.80 bits per heavy atom. The van der Waals surface area contributed by atoms with Gasteiger partial charge < -0.3 is 15.0 Å². The molecule has 0 saturated carbocycles. The van der Waals surface area contributed by atoms with Crippen LogP contribution in [0.1, 0.15) is 23.2 Å². The van der Waals surface area contributed by atoms with E-state index in [0.717, 1.165) is 55.4 Å². The molecular formula is C25H34ClN7O2. The number of aromatic nitrogens is 4. The third kappa shape index (κ3) is 6.78. The minimum absolute atomic E-state index is 0. The number of rotatable bonds is 9. The molecule has 3 aromatic rings. The molecule has 188 valence electrons. The standard InChI is InChI=1S/C25H33N7O2.ClH/c1-19-22(17-29-30(19)2)18-31-11-13-32(14-12-31)25-24(26-9-10-27-25)21-6-4-20(5-7-21)16-28-23(33)8-15-34-3;/h4-7,9-10,17H,8,11-16,18H2,1-3H3,(H,28,33);1H. The summed E-state index contributed by atoms with van der Waals surface area (Å²) < 4.78 is 6.87. The van der Waals surface area contributed by atoms with Crippen LogP contribution in [0.15, 0.2) is 42.9 Å². The largest absolute Gasteiger partial charge is 0.384 e. The summed E-state index contributed by atoms with van der Waals surface area (Å²) in [6, 6.07) is 8.15. The Kier molecular flexibility index (Phi) is 9.59. The highest BCUT2D eigenvalue weighted by Crippen LogP contribution is 2.28. The highest BCUT2D eigenvalue weighted by molar-refractivity contribution is 5.85. The average Bonchev–Trinajstić information content (AvgIpc) is 3.19. The summed E-state index contributed by atoms with van der Waals surface area (Å²) in [5, 5.41) is 7.28. The first-order valence-electron chi connectivity index (χ1n) is 11.7. The van der Waals surface area contributed by atoms with E-state index in [1.807, 2.05) is 42.2 Å². The van der Waals surface area contributed by atoms with Gasteiger partial charge in [0.2, 0.25) is 5.91 Å². The number of anilines is 1. The summed E-state index contributed by atoms with van der Waals surface area (Å²) in [7, 11) is 3.58. The molecule has 0 unspecified atom stereocenters. The zero-order valence-electron chi connectivity index (χ0n) is 20.6. The van der Waals surface area contributed by atoms with Crippen molar-refractivity contribution in [1.29, 1.82) is 0 Å². The first kappa shape index (κ1) is 26.6. The van der Waals surface area contributed by atoms with Gasteiger partial charge in [-0.2, -0.15) is 5.10 Å². The van der Waals surface area contributed by atoms with Gasteiger partial charge in [0.25, 0.3) is 0 Å². The Hall–Kier alpha value is -3.01. The van der Waals surface area contributed by atoms with E-state index < -0.39 is 0 Å². The smallest absolute Gasteiger partial charge is 0.222 e. The number of amides is 1. The third-order valence-electron chi connectivity index (χ3n) is 6.33. The van der Waals surface area contributed by atoms with E-state index in [9.17, 15) is 4.79 Å². The predicted octanol–water partition coefficient (Wildman–Crippen LogP) is 2.58. The van der Waals surface area contributed by atoms with Gasteiger partial charge in [-0.05, 0) is 12.5 Å². The lowest BCUT2D eigenvalue weighted by Gasteiger charge is -2.35. The number of benzene rings is 1. The lowest BCUT2D eigenvalue weighted by atomic mass is 10.1. The fourth-order valence-electron chi connectivity index (χ4n) is 4.09. The quantitative estimate of drug-likeness (QED) is 0.484. The molecule has 1 aliphatic heterocycles. The van der Waals surface area contributed by atoms with Crippen LogP contribution in [-0.2, 0) is 29.7 Å².